The van der Waals surface area contributed by atoms with Crippen LogP contribution in [0.25, 0.3) is 0 Å². The normalized spacial score (nSPS) is 11.0. The Labute approximate surface area is 105 Å². The Bertz CT molecular complexity index is 475. The van der Waals surface area contributed by atoms with Crippen LogP contribution in [-0.2, 0) is 4.74 Å². The molecule has 0 saturated heterocycles. The van der Waals surface area contributed by atoms with Gasteiger partial charge in [-0.15, -0.1) is 13.2 Å². The molecule has 106 valence electrons. The van der Waals surface area contributed by atoms with Gasteiger partial charge in [0.05, 0.1) is 13.7 Å². The monoisotopic (exact) mass is 281 g/mol. The summed E-state index contributed by atoms with van der Waals surface area (Å²) in [6.45, 7) is 1.45. The number of carbonyl (C=O) groups excluding carboxylic acids is 1. The highest BCUT2D eigenvalue weighted by molar-refractivity contribution is 5.91. The van der Waals surface area contributed by atoms with Gasteiger partial charge in [0.25, 0.3) is 0 Å². The van der Waals surface area contributed by atoms with E-state index < -0.39 is 35.4 Å². The van der Waals surface area contributed by atoms with Gasteiger partial charge in [-0.05, 0) is 6.92 Å². The van der Waals surface area contributed by atoms with Crippen LogP contribution in [0.3, 0.4) is 0 Å². The van der Waals surface area contributed by atoms with Crippen molar-refractivity contribution < 1.29 is 37.3 Å². The van der Waals surface area contributed by atoms with Crippen LogP contribution in [0.5, 0.6) is 17.4 Å². The predicted molar refractivity (Wildman–Crippen MR) is 55.1 cm³/mol. The van der Waals surface area contributed by atoms with E-state index in [1.807, 2.05) is 0 Å². The van der Waals surface area contributed by atoms with Crippen LogP contribution in [0.15, 0.2) is 6.07 Å². The molecule has 0 bridgehead atoms. The van der Waals surface area contributed by atoms with Crippen molar-refractivity contribution in [1.29, 1.82) is 0 Å². The third kappa shape index (κ3) is 3.90. The zero-order valence-corrected chi connectivity index (χ0v) is 9.95. The molecule has 19 heavy (non-hydrogen) atoms. The zero-order chi connectivity index (χ0) is 14.6. The van der Waals surface area contributed by atoms with Crippen molar-refractivity contribution in [2.45, 2.75) is 13.3 Å². The lowest BCUT2D eigenvalue weighted by atomic mass is 10.3. The second-order valence-corrected chi connectivity index (χ2v) is 3.13. The highest BCUT2D eigenvalue weighted by atomic mass is 19.4. The van der Waals surface area contributed by atoms with E-state index in [0.717, 1.165) is 7.11 Å². The van der Waals surface area contributed by atoms with Crippen LogP contribution >= 0.6 is 0 Å². The molecule has 1 N–H and O–H groups in total. The number of hydrogen-bond donors (Lipinski definition) is 1. The van der Waals surface area contributed by atoms with Crippen molar-refractivity contribution >= 4 is 5.97 Å². The van der Waals surface area contributed by atoms with Crippen molar-refractivity contribution in [3.63, 3.8) is 0 Å². The number of ether oxygens (including phenoxy) is 3. The van der Waals surface area contributed by atoms with E-state index in [0.29, 0.717) is 6.07 Å². The summed E-state index contributed by atoms with van der Waals surface area (Å²) in [5, 5.41) is 9.58. The highest BCUT2D eigenvalue weighted by Crippen LogP contribution is 2.34. The van der Waals surface area contributed by atoms with E-state index in [2.05, 4.69) is 19.2 Å². The number of alkyl halides is 3. The van der Waals surface area contributed by atoms with E-state index in [4.69, 9.17) is 0 Å². The second-order valence-electron chi connectivity index (χ2n) is 3.13. The highest BCUT2D eigenvalue weighted by Gasteiger charge is 2.33. The first-order valence-corrected chi connectivity index (χ1v) is 4.99. The first-order chi connectivity index (χ1) is 8.78. The maximum atomic E-state index is 12.1. The van der Waals surface area contributed by atoms with Crippen LogP contribution < -0.4 is 9.47 Å². The minimum absolute atomic E-state index is 0.0351. The molecule has 6 nitrogen and oxygen atoms in total. The fourth-order valence-corrected chi connectivity index (χ4v) is 1.16. The van der Waals surface area contributed by atoms with E-state index in [1.54, 1.807) is 0 Å². The molecular weight excluding hydrogens is 271 g/mol. The summed E-state index contributed by atoms with van der Waals surface area (Å²) < 4.78 is 49.0. The lowest BCUT2D eigenvalue weighted by molar-refractivity contribution is -0.276. The Balaban J connectivity index is 3.22. The number of hydrogen-bond acceptors (Lipinski definition) is 6. The van der Waals surface area contributed by atoms with Gasteiger partial charge in [-0.25, -0.2) is 9.78 Å². The first kappa shape index (κ1) is 14.9. The molecule has 0 amide bonds. The Morgan fingerprint density at radius 1 is 1.47 bits per heavy atom. The fourth-order valence-electron chi connectivity index (χ4n) is 1.16. The van der Waals surface area contributed by atoms with E-state index in [-0.39, 0.29) is 6.61 Å². The van der Waals surface area contributed by atoms with Crippen LogP contribution in [0.4, 0.5) is 13.2 Å². The first-order valence-electron chi connectivity index (χ1n) is 4.99. The molecule has 0 atom stereocenters. The van der Waals surface area contributed by atoms with Gasteiger partial charge in [0, 0.05) is 6.07 Å². The maximum Gasteiger partial charge on any atom is 0.574 e. The van der Waals surface area contributed by atoms with Crippen LogP contribution in [0.1, 0.15) is 17.4 Å². The third-order valence-corrected chi connectivity index (χ3v) is 1.84. The second kappa shape index (κ2) is 5.63. The molecule has 1 aromatic heterocycles. The predicted octanol–water partition coefficient (Wildman–Crippen LogP) is 1.87. The average molecular weight is 281 g/mol. The minimum Gasteiger partial charge on any atom is -0.503 e. The van der Waals surface area contributed by atoms with E-state index >= 15 is 0 Å². The number of aromatic nitrogens is 1. The van der Waals surface area contributed by atoms with E-state index in [1.165, 1.54) is 6.92 Å². The van der Waals surface area contributed by atoms with Crippen LogP contribution in [0, 0.1) is 0 Å². The van der Waals surface area contributed by atoms with Crippen molar-refractivity contribution in [3.8, 4) is 17.4 Å². The molecule has 0 spiro atoms. The number of rotatable bonds is 4. The molecule has 0 fully saturated rings. The topological polar surface area (TPSA) is 77.9 Å². The molecule has 9 heteroatoms. The summed E-state index contributed by atoms with van der Waals surface area (Å²) in [4.78, 5) is 14.7. The quantitative estimate of drug-likeness (QED) is 0.849. The number of pyridine rings is 1. The molecule has 0 radical (unpaired) electrons. The number of nitrogens with zero attached hydrogens (tertiary/aromatic N) is 1. The summed E-state index contributed by atoms with van der Waals surface area (Å²) in [7, 11) is 1.10. The van der Waals surface area contributed by atoms with Gasteiger partial charge < -0.3 is 19.3 Å². The zero-order valence-electron chi connectivity index (χ0n) is 9.95. The summed E-state index contributed by atoms with van der Waals surface area (Å²) in [5.41, 5.74) is -0.722. The van der Waals surface area contributed by atoms with Crippen molar-refractivity contribution in [3.05, 3.63) is 11.8 Å². The average Bonchev–Trinajstić information content (AvgIpc) is 2.29. The van der Waals surface area contributed by atoms with Gasteiger partial charge in [0.2, 0.25) is 5.88 Å². The smallest absolute Gasteiger partial charge is 0.503 e. The van der Waals surface area contributed by atoms with Gasteiger partial charge in [-0.3, -0.25) is 0 Å². The van der Waals surface area contributed by atoms with E-state index in [9.17, 15) is 23.1 Å². The summed E-state index contributed by atoms with van der Waals surface area (Å²) in [6.07, 6.45) is -4.99. The molecule has 0 aliphatic heterocycles. The fraction of sp³-hybridized carbons (Fsp3) is 0.400. The summed E-state index contributed by atoms with van der Waals surface area (Å²) >= 11 is 0. The largest absolute Gasteiger partial charge is 0.574 e. The number of halogens is 3. The van der Waals surface area contributed by atoms with Gasteiger partial charge in [-0.1, -0.05) is 0 Å². The molecular formula is C10H10F3NO5. The lowest BCUT2D eigenvalue weighted by Crippen LogP contribution is -2.19. The molecule has 0 aliphatic rings. The third-order valence-electron chi connectivity index (χ3n) is 1.84. The van der Waals surface area contributed by atoms with Crippen LogP contribution in [0.2, 0.25) is 0 Å². The Morgan fingerprint density at radius 3 is 2.58 bits per heavy atom. The molecule has 0 unspecified atom stereocenters. The van der Waals surface area contributed by atoms with Crippen molar-refractivity contribution in [1.82, 2.24) is 4.98 Å². The molecule has 0 aromatic carbocycles. The Kier molecular flexibility index (Phi) is 4.41. The van der Waals surface area contributed by atoms with Gasteiger partial charge in [0.15, 0.2) is 17.2 Å². The number of esters is 1. The maximum absolute atomic E-state index is 12.1. The lowest BCUT2D eigenvalue weighted by Gasteiger charge is -2.12. The molecule has 1 rings (SSSR count). The Morgan fingerprint density at radius 2 is 2.11 bits per heavy atom. The minimum atomic E-state index is -4.99. The molecule has 1 aromatic rings. The summed E-state index contributed by atoms with van der Waals surface area (Å²) in [6, 6.07) is 0.700. The number of methoxy groups -OCH3 is 1. The molecule has 0 saturated carbocycles. The number of aromatic hydroxyl groups is 1. The summed E-state index contributed by atoms with van der Waals surface area (Å²) in [5.74, 6) is -3.15. The van der Waals surface area contributed by atoms with Gasteiger partial charge in [0.1, 0.15) is 0 Å². The van der Waals surface area contributed by atoms with Crippen molar-refractivity contribution in [2.75, 3.05) is 13.7 Å². The SMILES string of the molecule is CCOC(=O)c1nc(OC(F)(F)F)cc(OC)c1O. The Hall–Kier alpha value is -2.19. The standard InChI is InChI=1S/C10H10F3NO5/c1-3-18-9(16)7-8(15)5(17-2)4-6(14-7)19-10(11,12)13/h4,15H,3H2,1-2H3. The molecule has 1 heterocycles. The number of carbonyl (C=O) groups is 1. The van der Waals surface area contributed by atoms with Crippen LogP contribution in [-0.4, -0.2) is 36.1 Å². The van der Waals surface area contributed by atoms with Gasteiger partial charge >= 0.3 is 12.3 Å². The molecule has 0 aliphatic carbocycles. The van der Waals surface area contributed by atoms with Crippen molar-refractivity contribution in [2.24, 2.45) is 0 Å². The van der Waals surface area contributed by atoms with Gasteiger partial charge in [-0.2, -0.15) is 0 Å².